The van der Waals surface area contributed by atoms with E-state index in [0.29, 0.717) is 42.9 Å². The maximum atomic E-state index is 5.85. The van der Waals surface area contributed by atoms with Gasteiger partial charge < -0.3 is 14.2 Å². The summed E-state index contributed by atoms with van der Waals surface area (Å²) in [7, 11) is 0. The van der Waals surface area contributed by atoms with Gasteiger partial charge in [0.25, 0.3) is 0 Å². The van der Waals surface area contributed by atoms with Gasteiger partial charge in [0.05, 0.1) is 19.8 Å². The lowest BCUT2D eigenvalue weighted by Gasteiger charge is -2.16. The zero-order valence-electron chi connectivity index (χ0n) is 10.6. The highest BCUT2D eigenvalue weighted by atomic mass is 35.5. The second kappa shape index (κ2) is 7.28. The summed E-state index contributed by atoms with van der Waals surface area (Å²) in [5.74, 6) is 2.46. The van der Waals surface area contributed by atoms with E-state index < -0.39 is 0 Å². The molecule has 0 unspecified atom stereocenters. The van der Waals surface area contributed by atoms with E-state index in [-0.39, 0.29) is 0 Å². The zero-order chi connectivity index (χ0) is 12.7. The molecule has 0 bridgehead atoms. The van der Waals surface area contributed by atoms with Gasteiger partial charge >= 0.3 is 0 Å². The second-order valence-electron chi connectivity index (χ2n) is 3.35. The van der Waals surface area contributed by atoms with Crippen molar-refractivity contribution in [2.45, 2.75) is 26.7 Å². The molecule has 0 heterocycles. The third-order valence-electron chi connectivity index (χ3n) is 2.12. The number of hydrogen-bond acceptors (Lipinski definition) is 3. The van der Waals surface area contributed by atoms with Gasteiger partial charge in [-0.05, 0) is 38.5 Å². The van der Waals surface area contributed by atoms with Crippen LogP contribution in [0.2, 0.25) is 0 Å². The molecule has 0 aliphatic heterocycles. The Morgan fingerprint density at radius 2 is 1.35 bits per heavy atom. The van der Waals surface area contributed by atoms with Crippen LogP contribution in [0.25, 0.3) is 0 Å². The van der Waals surface area contributed by atoms with Crippen molar-refractivity contribution in [1.82, 2.24) is 0 Å². The molecule has 96 valence electrons. The number of hydrogen-bond donors (Lipinski definition) is 0. The van der Waals surface area contributed by atoms with Gasteiger partial charge in [-0.15, -0.1) is 11.6 Å². The van der Waals surface area contributed by atoms with Gasteiger partial charge in [0, 0.05) is 5.88 Å². The molecule has 0 aliphatic carbocycles. The minimum atomic E-state index is 0.423. The van der Waals surface area contributed by atoms with E-state index in [2.05, 4.69) is 0 Å². The first kappa shape index (κ1) is 14.0. The molecule has 0 N–H and O–H groups in total. The van der Waals surface area contributed by atoms with Crippen LogP contribution >= 0.6 is 11.6 Å². The van der Waals surface area contributed by atoms with Gasteiger partial charge in [0.1, 0.15) is 0 Å². The van der Waals surface area contributed by atoms with Crippen LogP contribution in [0.1, 0.15) is 26.3 Å². The summed E-state index contributed by atoms with van der Waals surface area (Å²) in [5.41, 5.74) is 0.960. The molecule has 4 heteroatoms. The van der Waals surface area contributed by atoms with Crippen molar-refractivity contribution in [3.63, 3.8) is 0 Å². The predicted molar refractivity (Wildman–Crippen MR) is 69.5 cm³/mol. The highest BCUT2D eigenvalue weighted by Gasteiger charge is 2.14. The summed E-state index contributed by atoms with van der Waals surface area (Å²) in [6.45, 7) is 7.53. The van der Waals surface area contributed by atoms with Crippen LogP contribution in [0.4, 0.5) is 0 Å². The van der Waals surface area contributed by atoms with Gasteiger partial charge in [-0.25, -0.2) is 0 Å². The van der Waals surface area contributed by atoms with Gasteiger partial charge in [0.15, 0.2) is 11.5 Å². The minimum Gasteiger partial charge on any atom is -0.490 e. The number of benzene rings is 1. The average Bonchev–Trinajstić information content (AvgIpc) is 2.33. The van der Waals surface area contributed by atoms with Crippen LogP contribution in [0.15, 0.2) is 12.1 Å². The van der Waals surface area contributed by atoms with E-state index in [0.717, 1.165) is 5.56 Å². The molecule has 1 aromatic carbocycles. The number of ether oxygens (including phenoxy) is 3. The molecule has 0 saturated heterocycles. The zero-order valence-corrected chi connectivity index (χ0v) is 11.3. The van der Waals surface area contributed by atoms with Crippen molar-refractivity contribution in [3.05, 3.63) is 17.7 Å². The normalized spacial score (nSPS) is 10.1. The molecule has 1 rings (SSSR count). The van der Waals surface area contributed by atoms with E-state index in [1.807, 2.05) is 32.9 Å². The average molecular weight is 259 g/mol. The summed E-state index contributed by atoms with van der Waals surface area (Å²) in [6, 6.07) is 3.79. The molecule has 0 aliphatic rings. The standard InChI is InChI=1S/C13H19ClO3/c1-4-15-11-7-10(9-14)8-12(16-5-2)13(11)17-6-3/h7-8H,4-6,9H2,1-3H3. The van der Waals surface area contributed by atoms with Gasteiger partial charge in [-0.3, -0.25) is 0 Å². The van der Waals surface area contributed by atoms with Gasteiger partial charge in [-0.1, -0.05) is 0 Å². The van der Waals surface area contributed by atoms with Crippen LogP contribution in [0.5, 0.6) is 17.2 Å². The van der Waals surface area contributed by atoms with Gasteiger partial charge in [0.2, 0.25) is 5.75 Å². The molecule has 0 amide bonds. The molecule has 0 fully saturated rings. The largest absolute Gasteiger partial charge is 0.490 e. The third kappa shape index (κ3) is 3.70. The van der Waals surface area contributed by atoms with Crippen molar-refractivity contribution < 1.29 is 14.2 Å². The fourth-order valence-corrected chi connectivity index (χ4v) is 1.67. The first-order chi connectivity index (χ1) is 8.26. The van der Waals surface area contributed by atoms with E-state index in [4.69, 9.17) is 25.8 Å². The van der Waals surface area contributed by atoms with Crippen molar-refractivity contribution in [1.29, 1.82) is 0 Å². The van der Waals surface area contributed by atoms with Crippen molar-refractivity contribution >= 4 is 11.6 Å². The topological polar surface area (TPSA) is 27.7 Å². The lowest BCUT2D eigenvalue weighted by atomic mass is 10.2. The Bertz CT molecular complexity index is 326. The SMILES string of the molecule is CCOc1cc(CCl)cc(OCC)c1OCC. The van der Waals surface area contributed by atoms with Crippen molar-refractivity contribution in [2.24, 2.45) is 0 Å². The quantitative estimate of drug-likeness (QED) is 0.699. The smallest absolute Gasteiger partial charge is 0.203 e. The van der Waals surface area contributed by atoms with Crippen LogP contribution in [-0.2, 0) is 5.88 Å². The maximum absolute atomic E-state index is 5.85. The summed E-state index contributed by atoms with van der Waals surface area (Å²) in [6.07, 6.45) is 0. The Labute approximate surface area is 108 Å². The van der Waals surface area contributed by atoms with E-state index >= 15 is 0 Å². The molecule has 0 aromatic heterocycles. The Balaban J connectivity index is 3.16. The Morgan fingerprint density at radius 3 is 1.71 bits per heavy atom. The van der Waals surface area contributed by atoms with E-state index in [1.54, 1.807) is 0 Å². The monoisotopic (exact) mass is 258 g/mol. The number of rotatable bonds is 7. The van der Waals surface area contributed by atoms with Crippen LogP contribution in [-0.4, -0.2) is 19.8 Å². The van der Waals surface area contributed by atoms with Crippen molar-refractivity contribution in [2.75, 3.05) is 19.8 Å². The maximum Gasteiger partial charge on any atom is 0.203 e. The first-order valence-electron chi connectivity index (χ1n) is 5.88. The fraction of sp³-hybridized carbons (Fsp3) is 0.538. The minimum absolute atomic E-state index is 0.423. The molecule has 1 aromatic rings. The van der Waals surface area contributed by atoms with Crippen LogP contribution < -0.4 is 14.2 Å². The van der Waals surface area contributed by atoms with Crippen molar-refractivity contribution in [3.8, 4) is 17.2 Å². The second-order valence-corrected chi connectivity index (χ2v) is 3.62. The lowest BCUT2D eigenvalue weighted by molar-refractivity contribution is 0.260. The molecule has 3 nitrogen and oxygen atoms in total. The van der Waals surface area contributed by atoms with E-state index in [9.17, 15) is 0 Å². The summed E-state index contributed by atoms with van der Waals surface area (Å²) < 4.78 is 16.7. The molecular weight excluding hydrogens is 240 g/mol. The third-order valence-corrected chi connectivity index (χ3v) is 2.43. The molecule has 0 saturated carbocycles. The molecule has 0 atom stereocenters. The lowest BCUT2D eigenvalue weighted by Crippen LogP contribution is -2.03. The Kier molecular flexibility index (Phi) is 5.98. The Morgan fingerprint density at radius 1 is 0.882 bits per heavy atom. The molecule has 0 radical (unpaired) electrons. The summed E-state index contributed by atoms with van der Waals surface area (Å²) >= 11 is 5.85. The Hall–Kier alpha value is -1.09. The van der Waals surface area contributed by atoms with Gasteiger partial charge in [-0.2, -0.15) is 0 Å². The van der Waals surface area contributed by atoms with Crippen LogP contribution in [0, 0.1) is 0 Å². The number of alkyl halides is 1. The molecular formula is C13H19ClO3. The van der Waals surface area contributed by atoms with Crippen LogP contribution in [0.3, 0.4) is 0 Å². The summed E-state index contributed by atoms with van der Waals surface area (Å²) in [5, 5.41) is 0. The molecule has 17 heavy (non-hydrogen) atoms. The number of halogens is 1. The predicted octanol–water partition coefficient (Wildman–Crippen LogP) is 3.62. The first-order valence-corrected chi connectivity index (χ1v) is 6.41. The fourth-order valence-electron chi connectivity index (χ4n) is 1.52. The summed E-state index contributed by atoms with van der Waals surface area (Å²) in [4.78, 5) is 0. The molecule has 0 spiro atoms. The highest BCUT2D eigenvalue weighted by Crippen LogP contribution is 2.39. The highest BCUT2D eigenvalue weighted by molar-refractivity contribution is 6.17. The van der Waals surface area contributed by atoms with E-state index in [1.165, 1.54) is 0 Å².